The van der Waals surface area contributed by atoms with Crippen LogP contribution in [0, 0.1) is 5.82 Å². The van der Waals surface area contributed by atoms with E-state index in [2.05, 4.69) is 5.32 Å². The molecular weight excluding hydrogens is 245 g/mol. The molecule has 0 unspecified atom stereocenters. The van der Waals surface area contributed by atoms with Gasteiger partial charge in [0.05, 0.1) is 6.54 Å². The Balaban J connectivity index is 1.94. The van der Waals surface area contributed by atoms with Gasteiger partial charge in [0.2, 0.25) is 0 Å². The number of halogens is 1. The van der Waals surface area contributed by atoms with Crippen molar-refractivity contribution in [2.45, 2.75) is 0 Å². The second kappa shape index (κ2) is 5.91. The molecule has 0 fully saturated rings. The molecule has 1 N–H and O–H groups in total. The van der Waals surface area contributed by atoms with Crippen molar-refractivity contribution in [2.24, 2.45) is 0 Å². The van der Waals surface area contributed by atoms with Crippen molar-refractivity contribution in [1.29, 1.82) is 0 Å². The highest BCUT2D eigenvalue weighted by Crippen LogP contribution is 2.03. The van der Waals surface area contributed by atoms with Gasteiger partial charge in [-0.15, -0.1) is 0 Å². The molecule has 1 amide bonds. The van der Waals surface area contributed by atoms with Gasteiger partial charge in [0.15, 0.2) is 5.78 Å². The van der Waals surface area contributed by atoms with E-state index in [1.165, 1.54) is 24.3 Å². The topological polar surface area (TPSA) is 46.2 Å². The highest BCUT2D eigenvalue weighted by atomic mass is 19.1. The SMILES string of the molecule is O=C(CNC(=O)c1ccccc1)c1ccc(F)cc1. The molecule has 2 rings (SSSR count). The molecule has 0 bridgehead atoms. The maximum absolute atomic E-state index is 12.7. The van der Waals surface area contributed by atoms with E-state index >= 15 is 0 Å². The van der Waals surface area contributed by atoms with Gasteiger partial charge in [0.25, 0.3) is 5.91 Å². The average molecular weight is 257 g/mol. The highest BCUT2D eigenvalue weighted by molar-refractivity contribution is 6.02. The number of rotatable bonds is 4. The number of hydrogen-bond acceptors (Lipinski definition) is 2. The van der Waals surface area contributed by atoms with E-state index in [1.807, 2.05) is 0 Å². The second-order valence-electron chi connectivity index (χ2n) is 3.98. The first kappa shape index (κ1) is 13.0. The summed E-state index contributed by atoms with van der Waals surface area (Å²) in [5.41, 5.74) is 0.865. The van der Waals surface area contributed by atoms with Crippen molar-refractivity contribution in [3.8, 4) is 0 Å². The summed E-state index contributed by atoms with van der Waals surface area (Å²) in [6, 6.07) is 13.8. The first-order valence-corrected chi connectivity index (χ1v) is 5.79. The summed E-state index contributed by atoms with van der Waals surface area (Å²) in [6.45, 7) is -0.112. The smallest absolute Gasteiger partial charge is 0.251 e. The third kappa shape index (κ3) is 3.48. The van der Waals surface area contributed by atoms with Gasteiger partial charge in [-0.25, -0.2) is 4.39 Å². The molecule has 4 heteroatoms. The molecule has 0 heterocycles. The lowest BCUT2D eigenvalue weighted by Gasteiger charge is -2.04. The summed E-state index contributed by atoms with van der Waals surface area (Å²) in [7, 11) is 0. The van der Waals surface area contributed by atoms with Crippen LogP contribution in [-0.2, 0) is 0 Å². The Hall–Kier alpha value is -2.49. The number of amides is 1. The summed E-state index contributed by atoms with van der Waals surface area (Å²) in [6.07, 6.45) is 0. The number of nitrogens with one attached hydrogen (secondary N) is 1. The molecule has 0 radical (unpaired) electrons. The van der Waals surface area contributed by atoms with E-state index < -0.39 is 5.82 Å². The number of Topliss-reactive ketones (excluding diaryl/α,β-unsaturated/α-hetero) is 1. The maximum Gasteiger partial charge on any atom is 0.251 e. The van der Waals surface area contributed by atoms with E-state index in [0.29, 0.717) is 11.1 Å². The molecule has 0 aromatic heterocycles. The number of carbonyl (C=O) groups excluding carboxylic acids is 2. The zero-order valence-electron chi connectivity index (χ0n) is 10.1. The average Bonchev–Trinajstić information content (AvgIpc) is 2.46. The molecule has 0 atom stereocenters. The van der Waals surface area contributed by atoms with Crippen LogP contribution < -0.4 is 5.32 Å². The Morgan fingerprint density at radius 2 is 1.53 bits per heavy atom. The minimum Gasteiger partial charge on any atom is -0.345 e. The van der Waals surface area contributed by atoms with Crippen molar-refractivity contribution in [2.75, 3.05) is 6.54 Å². The molecule has 3 nitrogen and oxygen atoms in total. The van der Waals surface area contributed by atoms with E-state index in [9.17, 15) is 14.0 Å². The van der Waals surface area contributed by atoms with Crippen molar-refractivity contribution in [3.05, 3.63) is 71.5 Å². The quantitative estimate of drug-likeness (QED) is 0.855. The van der Waals surface area contributed by atoms with Gasteiger partial charge in [0.1, 0.15) is 5.82 Å². The fraction of sp³-hybridized carbons (Fsp3) is 0.0667. The van der Waals surface area contributed by atoms with Gasteiger partial charge in [-0.1, -0.05) is 18.2 Å². The van der Waals surface area contributed by atoms with Crippen LogP contribution in [0.1, 0.15) is 20.7 Å². The van der Waals surface area contributed by atoms with Crippen molar-refractivity contribution in [1.82, 2.24) is 5.32 Å². The molecule has 0 aliphatic heterocycles. The zero-order valence-corrected chi connectivity index (χ0v) is 10.1. The van der Waals surface area contributed by atoms with Crippen molar-refractivity contribution in [3.63, 3.8) is 0 Å². The van der Waals surface area contributed by atoms with Crippen LogP contribution in [0.25, 0.3) is 0 Å². The van der Waals surface area contributed by atoms with Crippen molar-refractivity contribution < 1.29 is 14.0 Å². The van der Waals surface area contributed by atoms with Gasteiger partial charge in [-0.3, -0.25) is 9.59 Å². The molecule has 0 saturated carbocycles. The van der Waals surface area contributed by atoms with Crippen LogP contribution in [0.2, 0.25) is 0 Å². The summed E-state index contributed by atoms with van der Waals surface area (Å²) in [5, 5.41) is 2.53. The predicted molar refractivity (Wildman–Crippen MR) is 69.5 cm³/mol. The first-order chi connectivity index (χ1) is 9.16. The minimum atomic E-state index is -0.398. The molecule has 0 spiro atoms. The second-order valence-corrected chi connectivity index (χ2v) is 3.98. The lowest BCUT2D eigenvalue weighted by molar-refractivity contribution is 0.0904. The monoisotopic (exact) mass is 257 g/mol. The zero-order chi connectivity index (χ0) is 13.7. The third-order valence-electron chi connectivity index (χ3n) is 2.61. The fourth-order valence-corrected chi connectivity index (χ4v) is 1.59. The Morgan fingerprint density at radius 1 is 0.895 bits per heavy atom. The molecule has 0 aliphatic rings. The number of hydrogen-bond donors (Lipinski definition) is 1. The van der Waals surface area contributed by atoms with Crippen LogP contribution in [-0.4, -0.2) is 18.2 Å². The molecule has 2 aromatic carbocycles. The number of ketones is 1. The Labute approximate surface area is 110 Å². The normalized spacial score (nSPS) is 9.95. The van der Waals surface area contributed by atoms with E-state index in [1.54, 1.807) is 30.3 Å². The summed E-state index contributed by atoms with van der Waals surface area (Å²) in [4.78, 5) is 23.5. The molecule has 0 saturated heterocycles. The standard InChI is InChI=1S/C15H12FNO2/c16-13-8-6-11(7-9-13)14(18)10-17-15(19)12-4-2-1-3-5-12/h1-9H,10H2,(H,17,19). The highest BCUT2D eigenvalue weighted by Gasteiger charge is 2.09. The Kier molecular flexibility index (Phi) is 4.03. The van der Waals surface area contributed by atoms with Crippen LogP contribution in [0.5, 0.6) is 0 Å². The molecule has 2 aromatic rings. The van der Waals surface area contributed by atoms with Gasteiger partial charge >= 0.3 is 0 Å². The van der Waals surface area contributed by atoms with Crippen LogP contribution >= 0.6 is 0 Å². The Morgan fingerprint density at radius 3 is 2.16 bits per heavy atom. The van der Waals surface area contributed by atoms with Gasteiger partial charge < -0.3 is 5.32 Å². The molecular formula is C15H12FNO2. The van der Waals surface area contributed by atoms with Crippen LogP contribution in [0.15, 0.2) is 54.6 Å². The largest absolute Gasteiger partial charge is 0.345 e. The number of benzene rings is 2. The maximum atomic E-state index is 12.7. The first-order valence-electron chi connectivity index (χ1n) is 5.79. The fourth-order valence-electron chi connectivity index (χ4n) is 1.59. The summed E-state index contributed by atoms with van der Waals surface area (Å²) < 4.78 is 12.7. The van der Waals surface area contributed by atoms with Crippen LogP contribution in [0.3, 0.4) is 0 Å². The third-order valence-corrected chi connectivity index (χ3v) is 2.61. The summed E-state index contributed by atoms with van der Waals surface area (Å²) >= 11 is 0. The van der Waals surface area contributed by atoms with Gasteiger partial charge in [0, 0.05) is 11.1 Å². The van der Waals surface area contributed by atoms with E-state index in [4.69, 9.17) is 0 Å². The lowest BCUT2D eigenvalue weighted by Crippen LogP contribution is -2.29. The number of carbonyl (C=O) groups is 2. The molecule has 19 heavy (non-hydrogen) atoms. The minimum absolute atomic E-state index is 0.112. The van der Waals surface area contributed by atoms with Crippen molar-refractivity contribution >= 4 is 11.7 Å². The predicted octanol–water partition coefficient (Wildman–Crippen LogP) is 2.44. The molecule has 96 valence electrons. The van der Waals surface area contributed by atoms with Gasteiger partial charge in [-0.2, -0.15) is 0 Å². The lowest BCUT2D eigenvalue weighted by atomic mass is 10.1. The Bertz CT molecular complexity index is 579. The van der Waals surface area contributed by atoms with Gasteiger partial charge in [-0.05, 0) is 36.4 Å². The van der Waals surface area contributed by atoms with E-state index in [0.717, 1.165) is 0 Å². The van der Waals surface area contributed by atoms with E-state index in [-0.39, 0.29) is 18.2 Å². The van der Waals surface area contributed by atoms with Crippen LogP contribution in [0.4, 0.5) is 4.39 Å². The summed E-state index contributed by atoms with van der Waals surface area (Å²) in [5.74, 6) is -0.967. The molecule has 0 aliphatic carbocycles.